The van der Waals surface area contributed by atoms with E-state index in [0.717, 1.165) is 5.56 Å². The van der Waals surface area contributed by atoms with E-state index < -0.39 is 30.1 Å². The highest BCUT2D eigenvalue weighted by Gasteiger charge is 2.30. The van der Waals surface area contributed by atoms with Crippen molar-refractivity contribution in [2.45, 2.75) is 12.1 Å². The van der Waals surface area contributed by atoms with Gasteiger partial charge < -0.3 is 4.74 Å². The molecule has 7 heteroatoms. The zero-order valence-electron chi connectivity index (χ0n) is 8.57. The summed E-state index contributed by atoms with van der Waals surface area (Å²) in [5.41, 5.74) is -3.76. The lowest BCUT2D eigenvalue weighted by atomic mass is 10.2. The van der Waals surface area contributed by atoms with Gasteiger partial charge in [0.05, 0.1) is 0 Å². The second-order valence-electron chi connectivity index (χ2n) is 2.94. The molecule has 0 saturated heterocycles. The van der Waals surface area contributed by atoms with Crippen LogP contribution in [0.3, 0.4) is 0 Å². The molecule has 0 radical (unpaired) electrons. The van der Waals surface area contributed by atoms with E-state index in [0.29, 0.717) is 0 Å². The topological polar surface area (TPSA) is 35.5 Å². The van der Waals surface area contributed by atoms with Crippen LogP contribution < -0.4 is 0 Å². The SMILES string of the molecule is O=C(COSC(F)(F)F)OCc1ccccc1. The van der Waals surface area contributed by atoms with E-state index in [1.54, 1.807) is 30.3 Å². The minimum Gasteiger partial charge on any atom is -0.459 e. The van der Waals surface area contributed by atoms with Crippen molar-refractivity contribution in [3.05, 3.63) is 35.9 Å². The minimum absolute atomic E-state index is 0.0136. The molecule has 0 saturated carbocycles. The average molecular weight is 266 g/mol. The van der Waals surface area contributed by atoms with Gasteiger partial charge >= 0.3 is 11.5 Å². The Hall–Kier alpha value is -1.21. The van der Waals surface area contributed by atoms with E-state index in [1.165, 1.54) is 0 Å². The molecule has 0 bridgehead atoms. The fourth-order valence-electron chi connectivity index (χ4n) is 0.924. The monoisotopic (exact) mass is 266 g/mol. The molecule has 0 aliphatic carbocycles. The van der Waals surface area contributed by atoms with Crippen LogP contribution in [0.15, 0.2) is 30.3 Å². The summed E-state index contributed by atoms with van der Waals surface area (Å²) in [6.07, 6.45) is 0. The van der Waals surface area contributed by atoms with Gasteiger partial charge in [0, 0.05) is 0 Å². The number of benzene rings is 1. The molecule has 0 unspecified atom stereocenters. The van der Waals surface area contributed by atoms with E-state index in [-0.39, 0.29) is 6.61 Å². The predicted octanol–water partition coefficient (Wildman–Crippen LogP) is 2.91. The van der Waals surface area contributed by atoms with Gasteiger partial charge in [-0.3, -0.25) is 4.18 Å². The van der Waals surface area contributed by atoms with Crippen LogP contribution in [0.1, 0.15) is 5.56 Å². The summed E-state index contributed by atoms with van der Waals surface area (Å²) in [5, 5.41) is 0. The zero-order chi connectivity index (χ0) is 12.7. The van der Waals surface area contributed by atoms with Crippen molar-refractivity contribution < 1.29 is 26.9 Å². The number of ether oxygens (including phenoxy) is 1. The molecule has 94 valence electrons. The van der Waals surface area contributed by atoms with Crippen molar-refractivity contribution in [2.75, 3.05) is 6.61 Å². The number of carbonyl (C=O) groups excluding carboxylic acids is 1. The van der Waals surface area contributed by atoms with Crippen LogP contribution in [-0.2, 0) is 20.3 Å². The van der Waals surface area contributed by atoms with Crippen LogP contribution in [0, 0.1) is 0 Å². The highest BCUT2D eigenvalue weighted by molar-refractivity contribution is 7.95. The molecule has 0 amide bonds. The Bertz CT molecular complexity index is 354. The van der Waals surface area contributed by atoms with E-state index in [9.17, 15) is 18.0 Å². The number of esters is 1. The summed E-state index contributed by atoms with van der Waals surface area (Å²) in [5.74, 6) is -0.842. The molecule has 1 aromatic rings. The molecule has 1 aromatic carbocycles. The van der Waals surface area contributed by atoms with Crippen molar-refractivity contribution in [1.82, 2.24) is 0 Å². The summed E-state index contributed by atoms with van der Waals surface area (Å²) in [6, 6.07) is 8.80. The lowest BCUT2D eigenvalue weighted by Crippen LogP contribution is -2.12. The zero-order valence-corrected chi connectivity index (χ0v) is 9.38. The molecular formula is C10H9F3O3S. The molecule has 17 heavy (non-hydrogen) atoms. The maximum atomic E-state index is 11.6. The molecule has 0 aromatic heterocycles. The normalized spacial score (nSPS) is 11.2. The second kappa shape index (κ2) is 6.51. The van der Waals surface area contributed by atoms with E-state index in [4.69, 9.17) is 4.74 Å². The van der Waals surface area contributed by atoms with Crippen molar-refractivity contribution in [1.29, 1.82) is 0 Å². The molecule has 0 N–H and O–H groups in total. The van der Waals surface area contributed by atoms with Gasteiger partial charge in [0.2, 0.25) is 0 Å². The number of halogens is 3. The number of hydrogen-bond acceptors (Lipinski definition) is 4. The Morgan fingerprint density at radius 1 is 1.24 bits per heavy atom. The van der Waals surface area contributed by atoms with Gasteiger partial charge in [0.1, 0.15) is 18.6 Å². The largest absolute Gasteiger partial charge is 0.467 e. The number of carbonyl (C=O) groups is 1. The van der Waals surface area contributed by atoms with Gasteiger partial charge in [0.15, 0.2) is 6.61 Å². The Kier molecular flexibility index (Phi) is 5.30. The highest BCUT2D eigenvalue weighted by Crippen LogP contribution is 2.30. The van der Waals surface area contributed by atoms with E-state index >= 15 is 0 Å². The first-order chi connectivity index (χ1) is 7.97. The average Bonchev–Trinajstić information content (AvgIpc) is 2.26. The number of rotatable bonds is 5. The van der Waals surface area contributed by atoms with Crippen LogP contribution in [-0.4, -0.2) is 18.1 Å². The maximum Gasteiger partial charge on any atom is 0.467 e. The van der Waals surface area contributed by atoms with Gasteiger partial charge in [0.25, 0.3) is 0 Å². The predicted molar refractivity (Wildman–Crippen MR) is 55.8 cm³/mol. The molecule has 3 nitrogen and oxygen atoms in total. The van der Waals surface area contributed by atoms with Crippen LogP contribution in [0.4, 0.5) is 13.2 Å². The van der Waals surface area contributed by atoms with Gasteiger partial charge in [-0.25, -0.2) is 4.79 Å². The molecule has 0 spiro atoms. The third kappa shape index (κ3) is 6.85. The number of alkyl halides is 3. The first-order valence-corrected chi connectivity index (χ1v) is 5.28. The van der Waals surface area contributed by atoms with E-state index in [2.05, 4.69) is 4.18 Å². The quantitative estimate of drug-likeness (QED) is 0.606. The summed E-state index contributed by atoms with van der Waals surface area (Å²) >= 11 is -0.717. The summed E-state index contributed by atoms with van der Waals surface area (Å²) in [6.45, 7) is -0.725. The smallest absolute Gasteiger partial charge is 0.459 e. The van der Waals surface area contributed by atoms with Crippen molar-refractivity contribution in [3.8, 4) is 0 Å². The Morgan fingerprint density at radius 2 is 1.88 bits per heavy atom. The van der Waals surface area contributed by atoms with E-state index in [1.807, 2.05) is 0 Å². The lowest BCUT2D eigenvalue weighted by molar-refractivity contribution is -0.147. The fourth-order valence-corrected chi connectivity index (χ4v) is 1.21. The van der Waals surface area contributed by atoms with Crippen LogP contribution >= 0.6 is 12.0 Å². The first kappa shape index (κ1) is 13.9. The molecule has 0 heterocycles. The lowest BCUT2D eigenvalue weighted by Gasteiger charge is -2.06. The molecule has 0 aliphatic rings. The molecule has 0 fully saturated rings. The summed E-state index contributed by atoms with van der Waals surface area (Å²) in [7, 11) is 0. The third-order valence-corrected chi connectivity index (χ3v) is 2.00. The van der Waals surface area contributed by atoms with Crippen LogP contribution in [0.2, 0.25) is 0 Å². The maximum absolute atomic E-state index is 11.6. The second-order valence-corrected chi connectivity index (χ2v) is 3.80. The first-order valence-electron chi connectivity index (χ1n) is 4.54. The van der Waals surface area contributed by atoms with Gasteiger partial charge in [-0.05, 0) is 5.56 Å². The Morgan fingerprint density at radius 3 is 2.47 bits per heavy atom. The van der Waals surface area contributed by atoms with Gasteiger partial charge in [-0.1, -0.05) is 30.3 Å². The number of hydrogen-bond donors (Lipinski definition) is 0. The van der Waals surface area contributed by atoms with Gasteiger partial charge in [-0.15, -0.1) is 0 Å². The van der Waals surface area contributed by atoms with Gasteiger partial charge in [-0.2, -0.15) is 13.2 Å². The molecule has 0 aliphatic heterocycles. The minimum atomic E-state index is -4.51. The Balaban J connectivity index is 2.18. The Labute approximate surface area is 100 Å². The van der Waals surface area contributed by atoms with Crippen molar-refractivity contribution in [3.63, 3.8) is 0 Å². The standard InChI is InChI=1S/C10H9F3O3S/c11-10(12,13)17-16-7-9(14)15-6-8-4-2-1-3-5-8/h1-5H,6-7H2. The summed E-state index contributed by atoms with van der Waals surface area (Å²) < 4.78 is 43.7. The third-order valence-electron chi connectivity index (χ3n) is 1.57. The highest BCUT2D eigenvalue weighted by atomic mass is 32.2. The fraction of sp³-hybridized carbons (Fsp3) is 0.300. The van der Waals surface area contributed by atoms with Crippen molar-refractivity contribution >= 4 is 18.0 Å². The molecule has 0 atom stereocenters. The van der Waals surface area contributed by atoms with Crippen LogP contribution in [0.5, 0.6) is 0 Å². The van der Waals surface area contributed by atoms with Crippen molar-refractivity contribution in [2.24, 2.45) is 0 Å². The molecule has 1 rings (SSSR count). The summed E-state index contributed by atoms with van der Waals surface area (Å²) in [4.78, 5) is 11.0. The molecular weight excluding hydrogens is 257 g/mol. The van der Waals surface area contributed by atoms with Crippen LogP contribution in [0.25, 0.3) is 0 Å².